The lowest BCUT2D eigenvalue weighted by Gasteiger charge is -2.25. The van der Waals surface area contributed by atoms with E-state index in [-0.39, 0.29) is 6.61 Å². The SMILES string of the molecule is CCOC(=O)C(C)(C)Oc1ccc(OC(C)C(=O)Nc2cccc(-c3ccc(C(F)(F)F)cc3)c2)cc1C. The molecule has 0 heterocycles. The Bertz CT molecular complexity index is 1290. The molecule has 0 aliphatic carbocycles. The molecule has 0 saturated heterocycles. The summed E-state index contributed by atoms with van der Waals surface area (Å²) in [7, 11) is 0. The maximum absolute atomic E-state index is 12.8. The summed E-state index contributed by atoms with van der Waals surface area (Å²) in [5.41, 5.74) is 0.518. The highest BCUT2D eigenvalue weighted by Gasteiger charge is 2.32. The van der Waals surface area contributed by atoms with Gasteiger partial charge in [-0.2, -0.15) is 13.2 Å². The normalized spacial score (nSPS) is 12.4. The van der Waals surface area contributed by atoms with Crippen LogP contribution in [0.5, 0.6) is 11.5 Å². The number of rotatable bonds is 9. The molecule has 1 amide bonds. The molecule has 0 aliphatic heterocycles. The van der Waals surface area contributed by atoms with Crippen molar-refractivity contribution in [2.75, 3.05) is 11.9 Å². The molecule has 0 fully saturated rings. The monoisotopic (exact) mass is 529 g/mol. The Kier molecular flexibility index (Phi) is 8.70. The van der Waals surface area contributed by atoms with Gasteiger partial charge in [0, 0.05) is 5.69 Å². The Morgan fingerprint density at radius 1 is 0.947 bits per heavy atom. The predicted molar refractivity (Wildman–Crippen MR) is 138 cm³/mol. The van der Waals surface area contributed by atoms with E-state index in [0.717, 1.165) is 12.1 Å². The zero-order chi connectivity index (χ0) is 28.1. The first kappa shape index (κ1) is 28.6. The Balaban J connectivity index is 1.64. The van der Waals surface area contributed by atoms with Gasteiger partial charge in [-0.1, -0.05) is 24.3 Å². The van der Waals surface area contributed by atoms with E-state index in [0.29, 0.717) is 33.9 Å². The fourth-order valence-corrected chi connectivity index (χ4v) is 3.56. The molecule has 1 N–H and O–H groups in total. The number of hydrogen-bond acceptors (Lipinski definition) is 5. The number of anilines is 1. The molecule has 1 atom stereocenters. The van der Waals surface area contributed by atoms with Crippen LogP contribution in [0.1, 0.15) is 38.8 Å². The smallest absolute Gasteiger partial charge is 0.416 e. The van der Waals surface area contributed by atoms with E-state index in [1.165, 1.54) is 12.1 Å². The molecule has 0 aliphatic rings. The highest BCUT2D eigenvalue weighted by atomic mass is 19.4. The lowest BCUT2D eigenvalue weighted by molar-refractivity contribution is -0.158. The molecular formula is C29H30F3NO5. The number of amides is 1. The molecule has 1 unspecified atom stereocenters. The highest BCUT2D eigenvalue weighted by molar-refractivity contribution is 5.94. The van der Waals surface area contributed by atoms with Crippen molar-refractivity contribution in [3.63, 3.8) is 0 Å². The molecule has 3 aromatic carbocycles. The molecule has 9 heteroatoms. The topological polar surface area (TPSA) is 73.9 Å². The molecule has 0 radical (unpaired) electrons. The van der Waals surface area contributed by atoms with Gasteiger partial charge in [0.2, 0.25) is 0 Å². The average Bonchev–Trinajstić information content (AvgIpc) is 2.85. The summed E-state index contributed by atoms with van der Waals surface area (Å²) in [6.07, 6.45) is -5.26. The number of alkyl halides is 3. The number of carbonyl (C=O) groups excluding carboxylic acids is 2. The van der Waals surface area contributed by atoms with Gasteiger partial charge in [-0.25, -0.2) is 4.79 Å². The molecule has 3 aromatic rings. The van der Waals surface area contributed by atoms with Crippen molar-refractivity contribution in [2.24, 2.45) is 0 Å². The highest BCUT2D eigenvalue weighted by Crippen LogP contribution is 2.32. The first-order chi connectivity index (χ1) is 17.8. The third-order valence-electron chi connectivity index (χ3n) is 5.64. The minimum Gasteiger partial charge on any atom is -0.481 e. The average molecular weight is 530 g/mol. The third kappa shape index (κ3) is 7.27. The second kappa shape index (κ2) is 11.6. The van der Waals surface area contributed by atoms with Crippen LogP contribution < -0.4 is 14.8 Å². The first-order valence-electron chi connectivity index (χ1n) is 12.0. The van der Waals surface area contributed by atoms with Crippen LogP contribution in [0.3, 0.4) is 0 Å². The van der Waals surface area contributed by atoms with Crippen molar-refractivity contribution in [3.8, 4) is 22.6 Å². The van der Waals surface area contributed by atoms with E-state index in [1.807, 2.05) is 0 Å². The van der Waals surface area contributed by atoms with Crippen molar-refractivity contribution in [2.45, 2.75) is 52.5 Å². The minimum absolute atomic E-state index is 0.247. The quantitative estimate of drug-likeness (QED) is 0.309. The zero-order valence-corrected chi connectivity index (χ0v) is 21.8. The number of carbonyl (C=O) groups is 2. The van der Waals surface area contributed by atoms with E-state index >= 15 is 0 Å². The number of benzene rings is 3. The summed E-state index contributed by atoms with van der Waals surface area (Å²) in [5, 5.41) is 2.77. The van der Waals surface area contributed by atoms with Gasteiger partial charge in [0.15, 0.2) is 11.7 Å². The van der Waals surface area contributed by atoms with Gasteiger partial charge in [0.05, 0.1) is 12.2 Å². The molecule has 0 aromatic heterocycles. The van der Waals surface area contributed by atoms with Gasteiger partial charge >= 0.3 is 12.1 Å². The number of aryl methyl sites for hydroxylation is 1. The maximum atomic E-state index is 12.8. The van der Waals surface area contributed by atoms with Crippen molar-refractivity contribution >= 4 is 17.6 Å². The summed E-state index contributed by atoms with van der Waals surface area (Å²) in [6.45, 7) is 8.59. The van der Waals surface area contributed by atoms with Crippen molar-refractivity contribution in [3.05, 3.63) is 77.9 Å². The molecule has 0 bridgehead atoms. The Labute approximate surface area is 219 Å². The fraction of sp³-hybridized carbons (Fsp3) is 0.310. The number of nitrogens with one attached hydrogen (secondary N) is 1. The lowest BCUT2D eigenvalue weighted by Crippen LogP contribution is -2.39. The maximum Gasteiger partial charge on any atom is 0.416 e. The minimum atomic E-state index is -4.41. The van der Waals surface area contributed by atoms with Crippen LogP contribution in [0.2, 0.25) is 0 Å². The van der Waals surface area contributed by atoms with E-state index in [1.54, 1.807) is 77.1 Å². The van der Waals surface area contributed by atoms with Crippen molar-refractivity contribution in [1.29, 1.82) is 0 Å². The fourth-order valence-electron chi connectivity index (χ4n) is 3.56. The van der Waals surface area contributed by atoms with Gasteiger partial charge in [0.25, 0.3) is 5.91 Å². The van der Waals surface area contributed by atoms with Gasteiger partial charge in [-0.3, -0.25) is 4.79 Å². The van der Waals surface area contributed by atoms with Crippen LogP contribution >= 0.6 is 0 Å². The number of esters is 1. The molecular weight excluding hydrogens is 499 g/mol. The second-order valence-corrected chi connectivity index (χ2v) is 9.17. The lowest BCUT2D eigenvalue weighted by atomic mass is 10.0. The molecule has 6 nitrogen and oxygen atoms in total. The van der Waals surface area contributed by atoms with E-state index in [2.05, 4.69) is 5.32 Å². The van der Waals surface area contributed by atoms with Crippen LogP contribution in [0.15, 0.2) is 66.7 Å². The van der Waals surface area contributed by atoms with Gasteiger partial charge in [-0.15, -0.1) is 0 Å². The van der Waals surface area contributed by atoms with Crippen LogP contribution in [0, 0.1) is 6.92 Å². The summed E-state index contributed by atoms with van der Waals surface area (Å²) < 4.78 is 55.2. The van der Waals surface area contributed by atoms with Crippen LogP contribution in [-0.2, 0) is 20.5 Å². The number of hydrogen-bond donors (Lipinski definition) is 1. The summed E-state index contributed by atoms with van der Waals surface area (Å²) >= 11 is 0. The van der Waals surface area contributed by atoms with Crippen LogP contribution in [-0.4, -0.2) is 30.2 Å². The Morgan fingerprint density at radius 3 is 2.24 bits per heavy atom. The molecule has 202 valence electrons. The Hall–Kier alpha value is -4.01. The summed E-state index contributed by atoms with van der Waals surface area (Å²) in [5.74, 6) is 0.0286. The van der Waals surface area contributed by atoms with Gasteiger partial charge < -0.3 is 19.5 Å². The molecule has 38 heavy (non-hydrogen) atoms. The van der Waals surface area contributed by atoms with E-state index < -0.39 is 35.3 Å². The van der Waals surface area contributed by atoms with Gasteiger partial charge in [-0.05, 0) is 93.8 Å². The number of ether oxygens (including phenoxy) is 3. The van der Waals surface area contributed by atoms with Crippen LogP contribution in [0.4, 0.5) is 18.9 Å². The number of halogens is 3. The third-order valence-corrected chi connectivity index (χ3v) is 5.64. The largest absolute Gasteiger partial charge is 0.481 e. The van der Waals surface area contributed by atoms with E-state index in [4.69, 9.17) is 14.2 Å². The standard InChI is InChI=1S/C29H30F3NO5/c1-6-36-27(35)28(4,5)38-25-15-14-24(16-18(25)2)37-19(3)26(34)33-23-9-7-8-21(17-23)20-10-12-22(13-11-20)29(30,31)32/h7-17,19H,6H2,1-5H3,(H,33,34). The molecule has 3 rings (SSSR count). The van der Waals surface area contributed by atoms with Crippen molar-refractivity contribution < 1.29 is 37.0 Å². The summed E-state index contributed by atoms with van der Waals surface area (Å²) in [6, 6.07) is 16.6. The molecule has 0 saturated carbocycles. The molecule has 0 spiro atoms. The first-order valence-corrected chi connectivity index (χ1v) is 12.0. The van der Waals surface area contributed by atoms with E-state index in [9.17, 15) is 22.8 Å². The van der Waals surface area contributed by atoms with Crippen molar-refractivity contribution in [1.82, 2.24) is 0 Å². The predicted octanol–water partition coefficient (Wildman–Crippen LogP) is 6.81. The zero-order valence-electron chi connectivity index (χ0n) is 21.8. The van der Waals surface area contributed by atoms with Gasteiger partial charge in [0.1, 0.15) is 11.5 Å². The Morgan fingerprint density at radius 2 is 1.63 bits per heavy atom. The summed E-state index contributed by atoms with van der Waals surface area (Å²) in [4.78, 5) is 24.9. The second-order valence-electron chi connectivity index (χ2n) is 9.17. The van der Waals surface area contributed by atoms with Crippen LogP contribution in [0.25, 0.3) is 11.1 Å².